The quantitative estimate of drug-likeness (QED) is 0.641. The van der Waals surface area contributed by atoms with Gasteiger partial charge in [0.25, 0.3) is 0 Å². The minimum Gasteiger partial charge on any atom is -0.354 e. The van der Waals surface area contributed by atoms with Crippen molar-refractivity contribution in [3.05, 3.63) is 0 Å². The van der Waals surface area contributed by atoms with Crippen LogP contribution in [-0.4, -0.2) is 30.4 Å². The number of carbonyl (C=O) groups excluding carboxylic acids is 2. The summed E-state index contributed by atoms with van der Waals surface area (Å²) in [4.78, 5) is 23.4. The van der Waals surface area contributed by atoms with Gasteiger partial charge in [-0.3, -0.25) is 9.59 Å². The molecule has 0 aromatic rings. The van der Waals surface area contributed by atoms with Gasteiger partial charge in [-0.1, -0.05) is 33.6 Å². The number of hydrogen-bond donors (Lipinski definition) is 3. The summed E-state index contributed by atoms with van der Waals surface area (Å²) in [6.07, 6.45) is 3.55. The van der Waals surface area contributed by atoms with Crippen LogP contribution in [0.2, 0.25) is 0 Å². The van der Waals surface area contributed by atoms with Crippen LogP contribution in [0.3, 0.4) is 0 Å². The van der Waals surface area contributed by atoms with Crippen molar-refractivity contribution in [2.45, 2.75) is 52.0 Å². The Kier molecular flexibility index (Phi) is 4.73. The standard InChI is InChI=1S/C13H25N3O2/c1-12(2,3)10(17)15-8-9-16-11(18)13(14)6-4-5-7-13/h4-9,14H2,1-3H3,(H,15,17)(H,16,18). The average molecular weight is 255 g/mol. The van der Waals surface area contributed by atoms with E-state index in [1.807, 2.05) is 20.8 Å². The highest BCUT2D eigenvalue weighted by molar-refractivity contribution is 5.86. The van der Waals surface area contributed by atoms with E-state index in [4.69, 9.17) is 5.73 Å². The van der Waals surface area contributed by atoms with Crippen LogP contribution in [0.25, 0.3) is 0 Å². The van der Waals surface area contributed by atoms with Gasteiger partial charge in [0.05, 0.1) is 5.54 Å². The summed E-state index contributed by atoms with van der Waals surface area (Å²) >= 11 is 0. The first-order valence-electron chi connectivity index (χ1n) is 6.61. The summed E-state index contributed by atoms with van der Waals surface area (Å²) in [6.45, 7) is 6.44. The second-order valence-corrected chi connectivity index (χ2v) is 6.13. The lowest BCUT2D eigenvalue weighted by Gasteiger charge is -2.23. The third-order valence-electron chi connectivity index (χ3n) is 3.33. The third-order valence-corrected chi connectivity index (χ3v) is 3.33. The highest BCUT2D eigenvalue weighted by Crippen LogP contribution is 2.26. The zero-order chi connectivity index (χ0) is 13.8. The molecule has 1 aliphatic rings. The topological polar surface area (TPSA) is 84.2 Å². The summed E-state index contributed by atoms with van der Waals surface area (Å²) in [5.41, 5.74) is 4.93. The Balaban J connectivity index is 2.22. The highest BCUT2D eigenvalue weighted by atomic mass is 16.2. The van der Waals surface area contributed by atoms with E-state index in [1.54, 1.807) is 0 Å². The summed E-state index contributed by atoms with van der Waals surface area (Å²) in [5, 5.41) is 5.58. The number of rotatable bonds is 4. The van der Waals surface area contributed by atoms with E-state index in [-0.39, 0.29) is 11.8 Å². The maximum atomic E-state index is 11.9. The van der Waals surface area contributed by atoms with Crippen LogP contribution in [-0.2, 0) is 9.59 Å². The monoisotopic (exact) mass is 255 g/mol. The zero-order valence-corrected chi connectivity index (χ0v) is 11.6. The molecule has 1 fully saturated rings. The number of carbonyl (C=O) groups is 2. The van der Waals surface area contributed by atoms with Crippen molar-refractivity contribution in [2.24, 2.45) is 11.1 Å². The van der Waals surface area contributed by atoms with Gasteiger partial charge in [0, 0.05) is 18.5 Å². The minimum atomic E-state index is -0.686. The lowest BCUT2D eigenvalue weighted by molar-refractivity contribution is -0.129. The average Bonchev–Trinajstić information content (AvgIpc) is 2.70. The summed E-state index contributed by atoms with van der Waals surface area (Å²) in [6, 6.07) is 0. The smallest absolute Gasteiger partial charge is 0.240 e. The predicted molar refractivity (Wildman–Crippen MR) is 70.9 cm³/mol. The Morgan fingerprint density at radius 2 is 1.61 bits per heavy atom. The number of nitrogens with one attached hydrogen (secondary N) is 2. The molecule has 0 heterocycles. The molecule has 5 nitrogen and oxygen atoms in total. The minimum absolute atomic E-state index is 0.0138. The second-order valence-electron chi connectivity index (χ2n) is 6.13. The Morgan fingerprint density at radius 1 is 1.11 bits per heavy atom. The summed E-state index contributed by atoms with van der Waals surface area (Å²) < 4.78 is 0. The van der Waals surface area contributed by atoms with Crippen molar-refractivity contribution < 1.29 is 9.59 Å². The Bertz CT molecular complexity index is 315. The SMILES string of the molecule is CC(C)(C)C(=O)NCCNC(=O)C1(N)CCCC1. The molecule has 0 spiro atoms. The van der Waals surface area contributed by atoms with Gasteiger partial charge in [0.2, 0.25) is 11.8 Å². The fraction of sp³-hybridized carbons (Fsp3) is 0.846. The summed E-state index contributed by atoms with van der Waals surface area (Å²) in [7, 11) is 0. The largest absolute Gasteiger partial charge is 0.354 e. The number of nitrogens with two attached hydrogens (primary N) is 1. The van der Waals surface area contributed by atoms with Gasteiger partial charge in [-0.25, -0.2) is 0 Å². The van der Waals surface area contributed by atoms with Crippen LogP contribution in [0, 0.1) is 5.41 Å². The van der Waals surface area contributed by atoms with Gasteiger partial charge in [-0.05, 0) is 12.8 Å². The van der Waals surface area contributed by atoms with Gasteiger partial charge in [-0.2, -0.15) is 0 Å². The molecule has 0 aromatic heterocycles. The molecule has 18 heavy (non-hydrogen) atoms. The maximum absolute atomic E-state index is 11.9. The number of hydrogen-bond acceptors (Lipinski definition) is 3. The Labute approximate surface area is 109 Å². The van der Waals surface area contributed by atoms with E-state index in [2.05, 4.69) is 10.6 Å². The first-order chi connectivity index (χ1) is 8.26. The van der Waals surface area contributed by atoms with Gasteiger partial charge in [-0.15, -0.1) is 0 Å². The predicted octanol–water partition coefficient (Wildman–Crippen LogP) is 0.536. The molecular weight excluding hydrogens is 230 g/mol. The fourth-order valence-corrected chi connectivity index (χ4v) is 2.03. The third kappa shape index (κ3) is 3.98. The van der Waals surface area contributed by atoms with Crippen molar-refractivity contribution in [3.8, 4) is 0 Å². The molecule has 0 unspecified atom stereocenters. The molecule has 4 N–H and O–H groups in total. The molecule has 0 atom stereocenters. The maximum Gasteiger partial charge on any atom is 0.240 e. The molecule has 5 heteroatoms. The van der Waals surface area contributed by atoms with Gasteiger partial charge in [0.1, 0.15) is 0 Å². The van der Waals surface area contributed by atoms with Crippen LogP contribution in [0.5, 0.6) is 0 Å². The van der Waals surface area contributed by atoms with Crippen LogP contribution < -0.4 is 16.4 Å². The van der Waals surface area contributed by atoms with Crippen molar-refractivity contribution >= 4 is 11.8 Å². The molecule has 0 aromatic carbocycles. The zero-order valence-electron chi connectivity index (χ0n) is 11.6. The lowest BCUT2D eigenvalue weighted by Crippen LogP contribution is -2.53. The van der Waals surface area contributed by atoms with Crippen molar-refractivity contribution in [2.75, 3.05) is 13.1 Å². The molecule has 1 rings (SSSR count). The van der Waals surface area contributed by atoms with E-state index >= 15 is 0 Å². The van der Waals surface area contributed by atoms with E-state index in [0.29, 0.717) is 13.1 Å². The Hall–Kier alpha value is -1.10. The van der Waals surface area contributed by atoms with Gasteiger partial charge >= 0.3 is 0 Å². The van der Waals surface area contributed by atoms with Gasteiger partial charge in [0.15, 0.2) is 0 Å². The van der Waals surface area contributed by atoms with E-state index in [9.17, 15) is 9.59 Å². The molecule has 0 bridgehead atoms. The Morgan fingerprint density at radius 3 is 2.11 bits per heavy atom. The normalized spacial score (nSPS) is 18.4. The fourth-order valence-electron chi connectivity index (χ4n) is 2.03. The molecule has 0 radical (unpaired) electrons. The molecular formula is C13H25N3O2. The molecule has 1 aliphatic carbocycles. The van der Waals surface area contributed by atoms with Crippen LogP contribution in [0.4, 0.5) is 0 Å². The van der Waals surface area contributed by atoms with E-state index < -0.39 is 11.0 Å². The van der Waals surface area contributed by atoms with Crippen LogP contribution in [0.15, 0.2) is 0 Å². The first kappa shape index (κ1) is 15.0. The first-order valence-corrected chi connectivity index (χ1v) is 6.61. The molecule has 2 amide bonds. The second kappa shape index (κ2) is 5.69. The van der Waals surface area contributed by atoms with Crippen molar-refractivity contribution in [3.63, 3.8) is 0 Å². The van der Waals surface area contributed by atoms with Crippen LogP contribution in [0.1, 0.15) is 46.5 Å². The van der Waals surface area contributed by atoms with Gasteiger partial charge < -0.3 is 16.4 Å². The molecule has 0 aliphatic heterocycles. The van der Waals surface area contributed by atoms with E-state index in [0.717, 1.165) is 25.7 Å². The van der Waals surface area contributed by atoms with E-state index in [1.165, 1.54) is 0 Å². The number of amides is 2. The van der Waals surface area contributed by atoms with Crippen LogP contribution >= 0.6 is 0 Å². The lowest BCUT2D eigenvalue weighted by atomic mass is 9.96. The highest BCUT2D eigenvalue weighted by Gasteiger charge is 2.36. The molecule has 0 saturated heterocycles. The van der Waals surface area contributed by atoms with Crippen molar-refractivity contribution in [1.82, 2.24) is 10.6 Å². The molecule has 104 valence electrons. The van der Waals surface area contributed by atoms with Crippen molar-refractivity contribution in [1.29, 1.82) is 0 Å². The summed E-state index contributed by atoms with van der Waals surface area (Å²) in [5.74, 6) is -0.106. The molecule has 1 saturated carbocycles.